The Morgan fingerprint density at radius 1 is 1.29 bits per heavy atom. The highest BCUT2D eigenvalue weighted by Crippen LogP contribution is 2.26. The van der Waals surface area contributed by atoms with E-state index >= 15 is 0 Å². The van der Waals surface area contributed by atoms with Crippen LogP contribution in [-0.2, 0) is 21.3 Å². The SMILES string of the molecule is CN(C)S(=O)(=O)c1cnn(CCN2CC3CCC(C2)O3)c1. The number of ether oxygens (including phenoxy) is 1. The van der Waals surface area contributed by atoms with Crippen LogP contribution in [0.15, 0.2) is 17.3 Å². The molecule has 3 heterocycles. The van der Waals surface area contributed by atoms with Crippen molar-refractivity contribution in [2.24, 2.45) is 0 Å². The Labute approximate surface area is 125 Å². The lowest BCUT2D eigenvalue weighted by Gasteiger charge is -2.31. The molecule has 0 spiro atoms. The van der Waals surface area contributed by atoms with Crippen molar-refractivity contribution in [2.75, 3.05) is 33.7 Å². The molecule has 21 heavy (non-hydrogen) atoms. The molecule has 7 nitrogen and oxygen atoms in total. The second-order valence-electron chi connectivity index (χ2n) is 5.94. The van der Waals surface area contributed by atoms with Gasteiger partial charge in [0.25, 0.3) is 0 Å². The second-order valence-corrected chi connectivity index (χ2v) is 8.10. The Balaban J connectivity index is 1.58. The number of rotatable bonds is 5. The van der Waals surface area contributed by atoms with Gasteiger partial charge in [0.05, 0.1) is 24.9 Å². The Morgan fingerprint density at radius 3 is 2.57 bits per heavy atom. The third-order valence-electron chi connectivity index (χ3n) is 4.15. The summed E-state index contributed by atoms with van der Waals surface area (Å²) < 4.78 is 32.7. The largest absolute Gasteiger partial charge is 0.372 e. The molecule has 0 aromatic carbocycles. The maximum Gasteiger partial charge on any atom is 0.245 e. The van der Waals surface area contributed by atoms with E-state index in [0.29, 0.717) is 18.8 Å². The van der Waals surface area contributed by atoms with Crippen molar-refractivity contribution in [1.82, 2.24) is 19.0 Å². The van der Waals surface area contributed by atoms with Gasteiger partial charge in [0, 0.05) is 39.9 Å². The molecule has 1 aromatic heterocycles. The fourth-order valence-electron chi connectivity index (χ4n) is 2.94. The highest BCUT2D eigenvalue weighted by molar-refractivity contribution is 7.89. The summed E-state index contributed by atoms with van der Waals surface area (Å²) in [7, 11) is -0.342. The third kappa shape index (κ3) is 3.13. The quantitative estimate of drug-likeness (QED) is 0.765. The molecule has 3 rings (SSSR count). The molecule has 2 fully saturated rings. The van der Waals surface area contributed by atoms with Crippen LogP contribution in [0.2, 0.25) is 0 Å². The summed E-state index contributed by atoms with van der Waals surface area (Å²) in [5, 5.41) is 4.16. The fraction of sp³-hybridized carbons (Fsp3) is 0.769. The Morgan fingerprint density at radius 2 is 1.95 bits per heavy atom. The maximum atomic E-state index is 12.0. The van der Waals surface area contributed by atoms with Crippen LogP contribution in [0.3, 0.4) is 0 Å². The molecule has 0 amide bonds. The van der Waals surface area contributed by atoms with E-state index in [-0.39, 0.29) is 4.90 Å². The van der Waals surface area contributed by atoms with Gasteiger partial charge in [0.15, 0.2) is 0 Å². The zero-order chi connectivity index (χ0) is 15.0. The molecule has 0 saturated carbocycles. The van der Waals surface area contributed by atoms with E-state index in [2.05, 4.69) is 10.00 Å². The van der Waals surface area contributed by atoms with E-state index in [9.17, 15) is 8.42 Å². The predicted octanol–water partition coefficient (Wildman–Crippen LogP) is -0.00340. The standard InChI is InChI=1S/C13H22N4O3S/c1-15(2)21(18,19)13-7-14-17(10-13)6-5-16-8-11-3-4-12(9-16)20-11/h7,10-12H,3-6,8-9H2,1-2H3. The zero-order valence-corrected chi connectivity index (χ0v) is 13.3. The van der Waals surface area contributed by atoms with Gasteiger partial charge in [-0.2, -0.15) is 5.10 Å². The first kappa shape index (κ1) is 15.0. The van der Waals surface area contributed by atoms with Crippen molar-refractivity contribution in [2.45, 2.75) is 36.5 Å². The van der Waals surface area contributed by atoms with E-state index in [4.69, 9.17) is 4.74 Å². The average Bonchev–Trinajstić information content (AvgIpc) is 3.04. The molecule has 2 aliphatic heterocycles. The Hall–Kier alpha value is -0.960. The first-order chi connectivity index (χ1) is 9.95. The molecule has 0 radical (unpaired) electrons. The minimum absolute atomic E-state index is 0.245. The molecule has 0 N–H and O–H groups in total. The molecule has 8 heteroatoms. The van der Waals surface area contributed by atoms with E-state index in [0.717, 1.165) is 32.5 Å². The molecule has 2 bridgehead atoms. The van der Waals surface area contributed by atoms with Crippen molar-refractivity contribution >= 4 is 10.0 Å². The van der Waals surface area contributed by atoms with Crippen LogP contribution >= 0.6 is 0 Å². The van der Waals surface area contributed by atoms with Crippen LogP contribution in [0, 0.1) is 0 Å². The van der Waals surface area contributed by atoms with Gasteiger partial charge in [-0.15, -0.1) is 0 Å². The van der Waals surface area contributed by atoms with Gasteiger partial charge in [-0.25, -0.2) is 12.7 Å². The summed E-state index contributed by atoms with van der Waals surface area (Å²) in [5.74, 6) is 0. The number of hydrogen-bond donors (Lipinski definition) is 0. The van der Waals surface area contributed by atoms with Crippen molar-refractivity contribution in [1.29, 1.82) is 0 Å². The first-order valence-electron chi connectivity index (χ1n) is 7.28. The van der Waals surface area contributed by atoms with Gasteiger partial charge in [-0.1, -0.05) is 0 Å². The van der Waals surface area contributed by atoms with Gasteiger partial charge in [0.1, 0.15) is 4.90 Å². The topological polar surface area (TPSA) is 67.7 Å². The van der Waals surface area contributed by atoms with E-state index in [1.54, 1.807) is 10.9 Å². The summed E-state index contributed by atoms with van der Waals surface area (Å²) in [6.45, 7) is 3.52. The van der Waals surface area contributed by atoms with Crippen LogP contribution in [0.4, 0.5) is 0 Å². The highest BCUT2D eigenvalue weighted by atomic mass is 32.2. The lowest BCUT2D eigenvalue weighted by atomic mass is 10.2. The Kier molecular flexibility index (Phi) is 4.04. The molecular weight excluding hydrogens is 292 g/mol. The van der Waals surface area contributed by atoms with Crippen molar-refractivity contribution in [3.8, 4) is 0 Å². The smallest absolute Gasteiger partial charge is 0.245 e. The summed E-state index contributed by atoms with van der Waals surface area (Å²) in [4.78, 5) is 2.63. The number of fused-ring (bicyclic) bond motifs is 2. The highest BCUT2D eigenvalue weighted by Gasteiger charge is 2.33. The monoisotopic (exact) mass is 314 g/mol. The van der Waals surface area contributed by atoms with E-state index in [1.807, 2.05) is 0 Å². The van der Waals surface area contributed by atoms with Crippen molar-refractivity contribution < 1.29 is 13.2 Å². The van der Waals surface area contributed by atoms with Crippen molar-refractivity contribution in [3.05, 3.63) is 12.4 Å². The molecule has 0 aliphatic carbocycles. The molecule has 118 valence electrons. The molecule has 2 unspecified atom stereocenters. The van der Waals surface area contributed by atoms with Gasteiger partial charge in [0.2, 0.25) is 10.0 Å². The van der Waals surface area contributed by atoms with Crippen LogP contribution in [0.25, 0.3) is 0 Å². The van der Waals surface area contributed by atoms with Gasteiger partial charge >= 0.3 is 0 Å². The second kappa shape index (κ2) is 5.68. The number of aromatic nitrogens is 2. The minimum atomic E-state index is -3.39. The summed E-state index contributed by atoms with van der Waals surface area (Å²) in [5.41, 5.74) is 0. The Bertz CT molecular complexity index is 586. The van der Waals surface area contributed by atoms with Gasteiger partial charge in [-0.05, 0) is 12.8 Å². The molecule has 1 aromatic rings. The van der Waals surface area contributed by atoms with Crippen LogP contribution in [-0.4, -0.2) is 73.3 Å². The summed E-state index contributed by atoms with van der Waals surface area (Å²) >= 11 is 0. The number of likely N-dealkylation sites (tertiary alicyclic amines) is 1. The van der Waals surface area contributed by atoms with E-state index < -0.39 is 10.0 Å². The van der Waals surface area contributed by atoms with Gasteiger partial charge in [-0.3, -0.25) is 9.58 Å². The normalized spacial score (nSPS) is 26.6. The predicted molar refractivity (Wildman–Crippen MR) is 77.4 cm³/mol. The number of hydrogen-bond acceptors (Lipinski definition) is 5. The van der Waals surface area contributed by atoms with Crippen LogP contribution < -0.4 is 0 Å². The maximum absolute atomic E-state index is 12.0. The number of morpholine rings is 1. The number of nitrogens with zero attached hydrogens (tertiary/aromatic N) is 4. The lowest BCUT2D eigenvalue weighted by Crippen LogP contribution is -2.43. The molecular formula is C13H22N4O3S. The van der Waals surface area contributed by atoms with Crippen LogP contribution in [0.1, 0.15) is 12.8 Å². The summed E-state index contributed by atoms with van der Waals surface area (Å²) in [6.07, 6.45) is 6.10. The molecule has 2 saturated heterocycles. The molecule has 2 atom stereocenters. The first-order valence-corrected chi connectivity index (χ1v) is 8.72. The zero-order valence-electron chi connectivity index (χ0n) is 12.5. The van der Waals surface area contributed by atoms with Gasteiger partial charge < -0.3 is 4.74 Å². The fourth-order valence-corrected chi connectivity index (χ4v) is 3.79. The van der Waals surface area contributed by atoms with E-state index in [1.165, 1.54) is 24.6 Å². The third-order valence-corrected chi connectivity index (χ3v) is 5.92. The van der Waals surface area contributed by atoms with Crippen LogP contribution in [0.5, 0.6) is 0 Å². The minimum Gasteiger partial charge on any atom is -0.372 e. The average molecular weight is 314 g/mol. The summed E-state index contributed by atoms with van der Waals surface area (Å²) in [6, 6.07) is 0. The number of sulfonamides is 1. The molecule has 2 aliphatic rings. The van der Waals surface area contributed by atoms with Crippen molar-refractivity contribution in [3.63, 3.8) is 0 Å². The lowest BCUT2D eigenvalue weighted by molar-refractivity contribution is -0.0392.